The van der Waals surface area contributed by atoms with E-state index in [0.717, 1.165) is 12.3 Å². The van der Waals surface area contributed by atoms with Gasteiger partial charge in [0.25, 0.3) is 0 Å². The van der Waals surface area contributed by atoms with Gasteiger partial charge in [0.05, 0.1) is 10.6 Å². The quantitative estimate of drug-likeness (QED) is 0.832. The molecule has 0 aliphatic heterocycles. The van der Waals surface area contributed by atoms with Gasteiger partial charge in [0.2, 0.25) is 9.05 Å². The van der Waals surface area contributed by atoms with Gasteiger partial charge in [-0.2, -0.15) is 0 Å². The highest BCUT2D eigenvalue weighted by atomic mass is 35.7. The van der Waals surface area contributed by atoms with Gasteiger partial charge in [0, 0.05) is 22.5 Å². The summed E-state index contributed by atoms with van der Waals surface area (Å²) in [5.74, 6) is -0.961. The highest BCUT2D eigenvalue weighted by Crippen LogP contribution is 2.24. The Morgan fingerprint density at radius 2 is 1.81 bits per heavy atom. The van der Waals surface area contributed by atoms with Crippen molar-refractivity contribution < 1.29 is 21.9 Å². The molecule has 0 aromatic heterocycles. The zero-order chi connectivity index (χ0) is 12.6. The van der Waals surface area contributed by atoms with Crippen LogP contribution >= 0.6 is 10.7 Å². The molecule has 90 valence electrons. The Bertz CT molecular complexity index is 603. The van der Waals surface area contributed by atoms with Crippen LogP contribution in [0, 0.1) is 0 Å². The minimum absolute atomic E-state index is 0.0578. The standard InChI is InChI=1S/C8H9ClO5S2/c1-15(11,12)7-3-2-6(8(10)4-7)5-16(9,13)14/h2-4,10H,5H2,1H3. The Balaban J connectivity index is 3.21. The molecule has 0 saturated carbocycles. The Morgan fingerprint density at radius 1 is 1.25 bits per heavy atom. The zero-order valence-corrected chi connectivity index (χ0v) is 10.6. The Hall–Kier alpha value is -0.790. The maximum Gasteiger partial charge on any atom is 0.236 e. The van der Waals surface area contributed by atoms with Crippen LogP contribution in [0.15, 0.2) is 23.1 Å². The minimum atomic E-state index is -3.79. The fraction of sp³-hybridized carbons (Fsp3) is 0.250. The zero-order valence-electron chi connectivity index (χ0n) is 8.21. The summed E-state index contributed by atoms with van der Waals surface area (Å²) in [5, 5.41) is 9.43. The number of phenols is 1. The summed E-state index contributed by atoms with van der Waals surface area (Å²) in [4.78, 5) is -0.0827. The summed E-state index contributed by atoms with van der Waals surface area (Å²) in [6.45, 7) is 0. The smallest absolute Gasteiger partial charge is 0.236 e. The third-order valence-corrected chi connectivity index (χ3v) is 3.91. The number of phenolic OH excluding ortho intramolecular Hbond substituents is 1. The van der Waals surface area contributed by atoms with Gasteiger partial charge in [0.15, 0.2) is 9.84 Å². The average Bonchev–Trinajstić information content (AvgIpc) is 2.04. The van der Waals surface area contributed by atoms with Crippen molar-refractivity contribution >= 4 is 29.6 Å². The first-order chi connectivity index (χ1) is 7.09. The van der Waals surface area contributed by atoms with Crippen LogP contribution in [0.4, 0.5) is 0 Å². The minimum Gasteiger partial charge on any atom is -0.508 e. The lowest BCUT2D eigenvalue weighted by Crippen LogP contribution is -1.99. The summed E-state index contributed by atoms with van der Waals surface area (Å²) in [7, 11) is -2.20. The van der Waals surface area contributed by atoms with Crippen molar-refractivity contribution in [2.75, 3.05) is 6.26 Å². The SMILES string of the molecule is CS(=O)(=O)c1ccc(CS(=O)(=O)Cl)c(O)c1. The average molecular weight is 285 g/mol. The molecular formula is C8H9ClO5S2. The van der Waals surface area contributed by atoms with E-state index in [1.54, 1.807) is 0 Å². The van der Waals surface area contributed by atoms with E-state index >= 15 is 0 Å². The third kappa shape index (κ3) is 3.66. The number of sulfone groups is 1. The molecule has 0 aliphatic carbocycles. The number of hydrogen-bond acceptors (Lipinski definition) is 5. The van der Waals surface area contributed by atoms with E-state index < -0.39 is 30.4 Å². The molecule has 1 aromatic rings. The van der Waals surface area contributed by atoms with E-state index in [9.17, 15) is 21.9 Å². The molecule has 0 spiro atoms. The topological polar surface area (TPSA) is 88.5 Å². The number of halogens is 1. The molecular weight excluding hydrogens is 276 g/mol. The summed E-state index contributed by atoms with van der Waals surface area (Å²) in [5.41, 5.74) is 0.0578. The molecule has 0 heterocycles. The van der Waals surface area contributed by atoms with Crippen LogP contribution in [-0.4, -0.2) is 28.2 Å². The van der Waals surface area contributed by atoms with Gasteiger partial charge in [-0.05, 0) is 12.1 Å². The van der Waals surface area contributed by atoms with Crippen LogP contribution in [0.5, 0.6) is 5.75 Å². The van der Waals surface area contributed by atoms with Gasteiger partial charge in [-0.1, -0.05) is 6.07 Å². The predicted molar refractivity (Wildman–Crippen MR) is 59.7 cm³/mol. The highest BCUT2D eigenvalue weighted by molar-refractivity contribution is 8.13. The van der Waals surface area contributed by atoms with E-state index in [1.165, 1.54) is 12.1 Å². The lowest BCUT2D eigenvalue weighted by atomic mass is 10.2. The second-order valence-electron chi connectivity index (χ2n) is 3.25. The van der Waals surface area contributed by atoms with Gasteiger partial charge in [0.1, 0.15) is 5.75 Å². The number of rotatable bonds is 3. The first-order valence-corrected chi connectivity index (χ1v) is 8.41. The third-order valence-electron chi connectivity index (χ3n) is 1.81. The van der Waals surface area contributed by atoms with Crippen LogP contribution in [0.1, 0.15) is 5.56 Å². The van der Waals surface area contributed by atoms with Crippen molar-refractivity contribution in [1.29, 1.82) is 0 Å². The lowest BCUT2D eigenvalue weighted by molar-refractivity contribution is 0.468. The Morgan fingerprint density at radius 3 is 2.19 bits per heavy atom. The molecule has 0 fully saturated rings. The monoisotopic (exact) mass is 284 g/mol. The van der Waals surface area contributed by atoms with Crippen molar-refractivity contribution in [3.05, 3.63) is 23.8 Å². The molecule has 0 radical (unpaired) electrons. The highest BCUT2D eigenvalue weighted by Gasteiger charge is 2.14. The Labute approximate surface area is 98.0 Å². The first-order valence-electron chi connectivity index (χ1n) is 4.04. The second-order valence-corrected chi connectivity index (χ2v) is 8.04. The Kier molecular flexibility index (Phi) is 3.51. The van der Waals surface area contributed by atoms with Crippen LogP contribution in [0.25, 0.3) is 0 Å². The van der Waals surface area contributed by atoms with Gasteiger partial charge in [-0.25, -0.2) is 16.8 Å². The van der Waals surface area contributed by atoms with E-state index in [2.05, 4.69) is 0 Å². The van der Waals surface area contributed by atoms with Crippen molar-refractivity contribution in [1.82, 2.24) is 0 Å². The predicted octanol–water partition coefficient (Wildman–Crippen LogP) is 0.864. The van der Waals surface area contributed by atoms with Gasteiger partial charge < -0.3 is 5.11 Å². The fourth-order valence-electron chi connectivity index (χ4n) is 1.08. The molecule has 0 unspecified atom stereocenters. The van der Waals surface area contributed by atoms with E-state index in [0.29, 0.717) is 0 Å². The van der Waals surface area contributed by atoms with Crippen molar-refractivity contribution in [3.8, 4) is 5.75 Å². The molecule has 16 heavy (non-hydrogen) atoms. The van der Waals surface area contributed by atoms with Crippen LogP contribution in [-0.2, 0) is 24.6 Å². The van der Waals surface area contributed by atoms with Crippen LogP contribution in [0.2, 0.25) is 0 Å². The summed E-state index contributed by atoms with van der Waals surface area (Å²) < 4.78 is 43.8. The normalized spacial score (nSPS) is 12.6. The molecule has 0 saturated heterocycles. The van der Waals surface area contributed by atoms with Gasteiger partial charge in [-0.15, -0.1) is 0 Å². The maximum atomic E-state index is 11.1. The number of hydrogen-bond donors (Lipinski definition) is 1. The van der Waals surface area contributed by atoms with Crippen molar-refractivity contribution in [2.24, 2.45) is 0 Å². The van der Waals surface area contributed by atoms with E-state index in [4.69, 9.17) is 10.7 Å². The fourth-order valence-corrected chi connectivity index (χ4v) is 2.69. The summed E-state index contributed by atoms with van der Waals surface area (Å²) in [6, 6.07) is 3.42. The number of aromatic hydroxyl groups is 1. The molecule has 1 rings (SSSR count). The van der Waals surface area contributed by atoms with Gasteiger partial charge >= 0.3 is 0 Å². The molecule has 0 amide bonds. The second kappa shape index (κ2) is 4.23. The largest absolute Gasteiger partial charge is 0.508 e. The maximum absolute atomic E-state index is 11.1. The summed E-state index contributed by atoms with van der Waals surface area (Å²) in [6.07, 6.45) is 0.986. The van der Waals surface area contributed by atoms with Crippen LogP contribution < -0.4 is 0 Å². The molecule has 0 aliphatic rings. The molecule has 1 aromatic carbocycles. The van der Waals surface area contributed by atoms with Crippen molar-refractivity contribution in [2.45, 2.75) is 10.6 Å². The molecule has 8 heteroatoms. The van der Waals surface area contributed by atoms with Gasteiger partial charge in [-0.3, -0.25) is 0 Å². The molecule has 1 N–H and O–H groups in total. The molecule has 5 nitrogen and oxygen atoms in total. The van der Waals surface area contributed by atoms with Crippen LogP contribution in [0.3, 0.4) is 0 Å². The first kappa shape index (κ1) is 13.3. The lowest BCUT2D eigenvalue weighted by Gasteiger charge is -2.04. The molecule has 0 atom stereocenters. The molecule has 0 bridgehead atoms. The van der Waals surface area contributed by atoms with E-state index in [1.807, 2.05) is 0 Å². The summed E-state index contributed by atoms with van der Waals surface area (Å²) >= 11 is 0. The van der Waals surface area contributed by atoms with E-state index in [-0.39, 0.29) is 10.5 Å². The number of benzene rings is 1. The van der Waals surface area contributed by atoms with Crippen molar-refractivity contribution in [3.63, 3.8) is 0 Å².